The standard InChI is InChI=1S/C15H24N2O3/c1-11(10-17-5-3-4-6-17)8-16-9-13-7-12(2)14(20-13)15(18)19/h7,11,16H,3-6,8-10H2,1-2H3,(H,18,19). The van der Waals surface area contributed by atoms with Gasteiger partial charge in [0.1, 0.15) is 5.76 Å². The van der Waals surface area contributed by atoms with E-state index in [0.717, 1.165) is 13.1 Å². The van der Waals surface area contributed by atoms with Gasteiger partial charge in [0.2, 0.25) is 5.76 Å². The molecule has 0 spiro atoms. The average molecular weight is 280 g/mol. The topological polar surface area (TPSA) is 65.7 Å². The van der Waals surface area contributed by atoms with Gasteiger partial charge in [-0.1, -0.05) is 6.92 Å². The molecule has 112 valence electrons. The second-order valence-corrected chi connectivity index (χ2v) is 5.77. The molecule has 0 radical (unpaired) electrons. The summed E-state index contributed by atoms with van der Waals surface area (Å²) in [6.07, 6.45) is 2.65. The maximum Gasteiger partial charge on any atom is 0.372 e. The zero-order chi connectivity index (χ0) is 14.5. The van der Waals surface area contributed by atoms with E-state index in [1.165, 1.54) is 25.9 Å². The largest absolute Gasteiger partial charge is 0.475 e. The van der Waals surface area contributed by atoms with E-state index in [-0.39, 0.29) is 5.76 Å². The van der Waals surface area contributed by atoms with Gasteiger partial charge in [-0.05, 0) is 51.4 Å². The number of hydrogen-bond donors (Lipinski definition) is 2. The summed E-state index contributed by atoms with van der Waals surface area (Å²) in [7, 11) is 0. The number of carbonyl (C=O) groups is 1. The van der Waals surface area contributed by atoms with Crippen LogP contribution in [0.5, 0.6) is 0 Å². The lowest BCUT2D eigenvalue weighted by molar-refractivity contribution is 0.0659. The van der Waals surface area contributed by atoms with Crippen LogP contribution in [0.25, 0.3) is 0 Å². The maximum atomic E-state index is 10.9. The number of aromatic carboxylic acids is 1. The van der Waals surface area contributed by atoms with E-state index in [2.05, 4.69) is 17.1 Å². The number of furan rings is 1. The Morgan fingerprint density at radius 2 is 2.20 bits per heavy atom. The molecular weight excluding hydrogens is 256 g/mol. The minimum atomic E-state index is -1.00. The average Bonchev–Trinajstić information content (AvgIpc) is 2.99. The number of likely N-dealkylation sites (tertiary alicyclic amines) is 1. The van der Waals surface area contributed by atoms with E-state index < -0.39 is 5.97 Å². The molecule has 1 aromatic heterocycles. The molecule has 0 aromatic carbocycles. The van der Waals surface area contributed by atoms with Gasteiger partial charge < -0.3 is 19.7 Å². The smallest absolute Gasteiger partial charge is 0.372 e. The Balaban J connectivity index is 1.72. The number of carboxylic acid groups (broad SMARTS) is 1. The minimum absolute atomic E-state index is 0.0481. The first-order valence-corrected chi connectivity index (χ1v) is 7.32. The molecular formula is C15H24N2O3. The van der Waals surface area contributed by atoms with Crippen LogP contribution in [0.1, 0.15) is 41.6 Å². The minimum Gasteiger partial charge on any atom is -0.475 e. The number of aryl methyl sites for hydroxylation is 1. The van der Waals surface area contributed by atoms with Crippen molar-refractivity contribution in [3.05, 3.63) is 23.2 Å². The zero-order valence-corrected chi connectivity index (χ0v) is 12.3. The predicted molar refractivity (Wildman–Crippen MR) is 76.9 cm³/mol. The van der Waals surface area contributed by atoms with Gasteiger partial charge in [0, 0.05) is 12.1 Å². The SMILES string of the molecule is Cc1cc(CNCC(C)CN2CCCC2)oc1C(=O)O. The van der Waals surface area contributed by atoms with Crippen molar-refractivity contribution >= 4 is 5.97 Å². The Labute approximate surface area is 119 Å². The van der Waals surface area contributed by atoms with Crippen LogP contribution in [0.4, 0.5) is 0 Å². The lowest BCUT2D eigenvalue weighted by Crippen LogP contribution is -2.31. The second kappa shape index (κ2) is 6.90. The first-order valence-electron chi connectivity index (χ1n) is 7.32. The Bertz CT molecular complexity index is 450. The van der Waals surface area contributed by atoms with E-state index in [9.17, 15) is 4.79 Å². The Morgan fingerprint density at radius 3 is 2.80 bits per heavy atom. The molecule has 1 aliphatic heterocycles. The maximum absolute atomic E-state index is 10.9. The van der Waals surface area contributed by atoms with Crippen molar-refractivity contribution in [2.75, 3.05) is 26.2 Å². The van der Waals surface area contributed by atoms with Crippen molar-refractivity contribution in [3.8, 4) is 0 Å². The summed E-state index contributed by atoms with van der Waals surface area (Å²) in [5.74, 6) is 0.319. The molecule has 1 aromatic rings. The van der Waals surface area contributed by atoms with E-state index >= 15 is 0 Å². The highest BCUT2D eigenvalue weighted by molar-refractivity contribution is 5.86. The molecule has 2 rings (SSSR count). The second-order valence-electron chi connectivity index (χ2n) is 5.77. The third kappa shape index (κ3) is 4.08. The van der Waals surface area contributed by atoms with Crippen LogP contribution < -0.4 is 5.32 Å². The fraction of sp³-hybridized carbons (Fsp3) is 0.667. The summed E-state index contributed by atoms with van der Waals surface area (Å²) in [5, 5.41) is 12.3. The molecule has 1 atom stereocenters. The summed E-state index contributed by atoms with van der Waals surface area (Å²) in [6, 6.07) is 1.79. The normalized spacial score (nSPS) is 17.5. The van der Waals surface area contributed by atoms with Gasteiger partial charge in [0.15, 0.2) is 0 Å². The molecule has 20 heavy (non-hydrogen) atoms. The first kappa shape index (κ1) is 15.1. The lowest BCUT2D eigenvalue weighted by atomic mass is 10.1. The van der Waals surface area contributed by atoms with Crippen molar-refractivity contribution < 1.29 is 14.3 Å². The Morgan fingerprint density at radius 1 is 1.50 bits per heavy atom. The molecule has 2 heterocycles. The van der Waals surface area contributed by atoms with Gasteiger partial charge in [-0.3, -0.25) is 0 Å². The highest BCUT2D eigenvalue weighted by Gasteiger charge is 2.16. The van der Waals surface area contributed by atoms with Crippen LogP contribution in [-0.4, -0.2) is 42.2 Å². The van der Waals surface area contributed by atoms with Crippen LogP contribution >= 0.6 is 0 Å². The van der Waals surface area contributed by atoms with E-state index in [1.54, 1.807) is 13.0 Å². The molecule has 1 unspecified atom stereocenters. The van der Waals surface area contributed by atoms with Crippen LogP contribution in [0.3, 0.4) is 0 Å². The summed E-state index contributed by atoms with van der Waals surface area (Å²) in [6.45, 7) is 9.07. The van der Waals surface area contributed by atoms with Crippen LogP contribution in [0.15, 0.2) is 10.5 Å². The molecule has 0 amide bonds. The van der Waals surface area contributed by atoms with Crippen LogP contribution in [0.2, 0.25) is 0 Å². The van der Waals surface area contributed by atoms with Crippen molar-refractivity contribution in [2.24, 2.45) is 5.92 Å². The number of carboxylic acids is 1. The molecule has 1 fully saturated rings. The van der Waals surface area contributed by atoms with Crippen LogP contribution in [0, 0.1) is 12.8 Å². The van der Waals surface area contributed by atoms with Gasteiger partial charge >= 0.3 is 5.97 Å². The van der Waals surface area contributed by atoms with Crippen LogP contribution in [-0.2, 0) is 6.54 Å². The lowest BCUT2D eigenvalue weighted by Gasteiger charge is -2.20. The Hall–Kier alpha value is -1.33. The van der Waals surface area contributed by atoms with Gasteiger partial charge in [-0.25, -0.2) is 4.79 Å². The molecule has 0 saturated carbocycles. The molecule has 0 aliphatic carbocycles. The number of hydrogen-bond acceptors (Lipinski definition) is 4. The molecule has 1 saturated heterocycles. The first-order chi connectivity index (χ1) is 9.56. The summed E-state index contributed by atoms with van der Waals surface area (Å²) >= 11 is 0. The fourth-order valence-corrected chi connectivity index (χ4v) is 2.76. The van der Waals surface area contributed by atoms with E-state index in [4.69, 9.17) is 9.52 Å². The highest BCUT2D eigenvalue weighted by atomic mass is 16.4. The zero-order valence-electron chi connectivity index (χ0n) is 12.3. The van der Waals surface area contributed by atoms with Crippen molar-refractivity contribution in [1.29, 1.82) is 0 Å². The number of nitrogens with zero attached hydrogens (tertiary/aromatic N) is 1. The van der Waals surface area contributed by atoms with E-state index in [1.807, 2.05) is 0 Å². The Kier molecular flexibility index (Phi) is 5.20. The van der Waals surface area contributed by atoms with Gasteiger partial charge in [-0.2, -0.15) is 0 Å². The molecule has 0 bridgehead atoms. The molecule has 5 nitrogen and oxygen atoms in total. The summed E-state index contributed by atoms with van der Waals surface area (Å²) < 4.78 is 5.32. The fourth-order valence-electron chi connectivity index (χ4n) is 2.76. The monoisotopic (exact) mass is 280 g/mol. The van der Waals surface area contributed by atoms with Gasteiger partial charge in [-0.15, -0.1) is 0 Å². The van der Waals surface area contributed by atoms with Crippen molar-refractivity contribution in [2.45, 2.75) is 33.2 Å². The number of nitrogens with one attached hydrogen (secondary N) is 1. The van der Waals surface area contributed by atoms with Crippen molar-refractivity contribution in [3.63, 3.8) is 0 Å². The van der Waals surface area contributed by atoms with E-state index in [0.29, 0.717) is 23.8 Å². The molecule has 1 aliphatic rings. The molecule has 5 heteroatoms. The highest BCUT2D eigenvalue weighted by Crippen LogP contribution is 2.14. The summed E-state index contributed by atoms with van der Waals surface area (Å²) in [4.78, 5) is 13.4. The summed E-state index contributed by atoms with van der Waals surface area (Å²) in [5.41, 5.74) is 0.680. The predicted octanol–water partition coefficient (Wildman–Crippen LogP) is 2.11. The third-order valence-corrected chi connectivity index (χ3v) is 3.72. The quantitative estimate of drug-likeness (QED) is 0.801. The van der Waals surface area contributed by atoms with Crippen molar-refractivity contribution in [1.82, 2.24) is 10.2 Å². The van der Waals surface area contributed by atoms with Gasteiger partial charge in [0.25, 0.3) is 0 Å². The number of rotatable bonds is 7. The van der Waals surface area contributed by atoms with Gasteiger partial charge in [0.05, 0.1) is 6.54 Å². The third-order valence-electron chi connectivity index (χ3n) is 3.72. The molecule has 2 N–H and O–H groups in total.